The van der Waals surface area contributed by atoms with E-state index in [0.29, 0.717) is 12.0 Å². The molecule has 0 radical (unpaired) electrons. The number of esters is 1. The molecule has 0 aliphatic carbocycles. The van der Waals surface area contributed by atoms with Crippen molar-refractivity contribution in [3.63, 3.8) is 0 Å². The zero-order valence-corrected chi connectivity index (χ0v) is 13.4. The van der Waals surface area contributed by atoms with Crippen LogP contribution in [0.4, 0.5) is 13.2 Å². The van der Waals surface area contributed by atoms with Crippen LogP contribution < -0.4 is 0 Å². The van der Waals surface area contributed by atoms with Gasteiger partial charge in [0.1, 0.15) is 6.04 Å². The number of amides is 1. The van der Waals surface area contributed by atoms with Crippen LogP contribution in [0.2, 0.25) is 0 Å². The van der Waals surface area contributed by atoms with Crippen molar-refractivity contribution in [2.24, 2.45) is 0 Å². The van der Waals surface area contributed by atoms with Gasteiger partial charge in [0, 0.05) is 11.3 Å². The van der Waals surface area contributed by atoms with E-state index in [1.165, 1.54) is 30.2 Å². The van der Waals surface area contributed by atoms with Gasteiger partial charge in [0.05, 0.1) is 13.2 Å². The van der Waals surface area contributed by atoms with Gasteiger partial charge in [-0.1, -0.05) is 12.1 Å². The van der Waals surface area contributed by atoms with Crippen molar-refractivity contribution in [2.75, 3.05) is 7.11 Å². The monoisotopic (exact) mass is 347 g/mol. The fourth-order valence-electron chi connectivity index (χ4n) is 2.69. The van der Waals surface area contributed by atoms with Crippen molar-refractivity contribution < 1.29 is 27.5 Å². The van der Waals surface area contributed by atoms with E-state index in [0.717, 1.165) is 0 Å². The predicted molar refractivity (Wildman–Crippen MR) is 78.7 cm³/mol. The summed E-state index contributed by atoms with van der Waals surface area (Å²) in [5, 5.41) is 0. The number of carbonyl (C=O) groups excluding carboxylic acids is 2. The number of hydrogen-bond donors (Lipinski definition) is 0. The van der Waals surface area contributed by atoms with Gasteiger partial charge in [-0.3, -0.25) is 4.79 Å². The van der Waals surface area contributed by atoms with Crippen LogP contribution in [0.25, 0.3) is 0 Å². The Kier molecular flexibility index (Phi) is 5.23. The molecule has 1 saturated heterocycles. The Labute approximate surface area is 136 Å². The summed E-state index contributed by atoms with van der Waals surface area (Å²) in [5.41, 5.74) is -3.83. The van der Waals surface area contributed by atoms with Crippen LogP contribution in [0, 0.1) is 0 Å². The first-order valence-corrected chi connectivity index (χ1v) is 7.79. The Hall–Kier alpha value is -1.70. The normalized spacial score (nSPS) is 19.8. The number of thioether (sulfide) groups is 1. The van der Waals surface area contributed by atoms with Crippen LogP contribution in [-0.2, 0) is 14.3 Å². The molecule has 2 atom stereocenters. The standard InChI is InChI=1S/C15H16F3NO3S/c1-9(19-12(14(21)22-2)6-7-13(19)20)10-4-3-5-11(8-10)23-15(16,17)18/h3-5,8-9,12H,6-7H2,1-2H3. The van der Waals surface area contributed by atoms with Gasteiger partial charge in [-0.25, -0.2) is 4.79 Å². The van der Waals surface area contributed by atoms with E-state index in [9.17, 15) is 22.8 Å². The van der Waals surface area contributed by atoms with E-state index in [4.69, 9.17) is 4.74 Å². The van der Waals surface area contributed by atoms with Crippen LogP contribution in [0.1, 0.15) is 31.4 Å². The first kappa shape index (κ1) is 17.7. The fourth-order valence-corrected chi connectivity index (χ4v) is 3.30. The van der Waals surface area contributed by atoms with Crippen LogP contribution in [-0.4, -0.2) is 35.4 Å². The minimum absolute atomic E-state index is 0.0445. The molecule has 4 nitrogen and oxygen atoms in total. The highest BCUT2D eigenvalue weighted by molar-refractivity contribution is 8.00. The molecular weight excluding hydrogens is 331 g/mol. The van der Waals surface area contributed by atoms with E-state index >= 15 is 0 Å². The predicted octanol–water partition coefficient (Wildman–Crippen LogP) is 3.52. The zero-order chi connectivity index (χ0) is 17.2. The highest BCUT2D eigenvalue weighted by Gasteiger charge is 2.40. The van der Waals surface area contributed by atoms with Gasteiger partial charge in [0.2, 0.25) is 5.91 Å². The average molecular weight is 347 g/mol. The molecule has 2 unspecified atom stereocenters. The third kappa shape index (κ3) is 4.19. The Balaban J connectivity index is 2.25. The van der Waals surface area contributed by atoms with Crippen LogP contribution in [0.5, 0.6) is 0 Å². The maximum atomic E-state index is 12.5. The minimum atomic E-state index is -4.38. The quantitative estimate of drug-likeness (QED) is 0.618. The van der Waals surface area contributed by atoms with Crippen molar-refractivity contribution in [3.05, 3.63) is 29.8 Å². The highest BCUT2D eigenvalue weighted by atomic mass is 32.2. The largest absolute Gasteiger partial charge is 0.467 e. The molecule has 1 aromatic rings. The maximum Gasteiger partial charge on any atom is 0.446 e. The molecule has 0 saturated carbocycles. The summed E-state index contributed by atoms with van der Waals surface area (Å²) in [6, 6.07) is 4.70. The average Bonchev–Trinajstić information content (AvgIpc) is 2.86. The number of likely N-dealkylation sites (tertiary alicyclic amines) is 1. The summed E-state index contributed by atoms with van der Waals surface area (Å²) in [5.74, 6) is -0.717. The third-order valence-electron chi connectivity index (χ3n) is 3.72. The Bertz CT molecular complexity index is 606. The van der Waals surface area contributed by atoms with E-state index in [2.05, 4.69) is 0 Å². The van der Waals surface area contributed by atoms with Gasteiger partial charge >= 0.3 is 11.5 Å². The number of methoxy groups -OCH3 is 1. The second-order valence-electron chi connectivity index (χ2n) is 5.17. The van der Waals surface area contributed by atoms with E-state index in [-0.39, 0.29) is 29.0 Å². The number of rotatable bonds is 4. The molecule has 0 N–H and O–H groups in total. The van der Waals surface area contributed by atoms with Crippen molar-refractivity contribution in [2.45, 2.75) is 42.3 Å². The summed E-state index contributed by atoms with van der Waals surface area (Å²) in [6.07, 6.45) is 0.577. The number of ether oxygens (including phenoxy) is 1. The van der Waals surface area contributed by atoms with Crippen molar-refractivity contribution in [1.82, 2.24) is 4.90 Å². The second-order valence-corrected chi connectivity index (χ2v) is 6.31. The molecular formula is C15H16F3NO3S. The molecule has 8 heteroatoms. The van der Waals surface area contributed by atoms with Crippen LogP contribution in [0.15, 0.2) is 29.2 Å². The van der Waals surface area contributed by atoms with E-state index in [1.807, 2.05) is 0 Å². The smallest absolute Gasteiger partial charge is 0.446 e. The number of carbonyl (C=O) groups is 2. The van der Waals surface area contributed by atoms with Crippen molar-refractivity contribution in [3.8, 4) is 0 Å². The van der Waals surface area contributed by atoms with Gasteiger partial charge in [-0.2, -0.15) is 13.2 Å². The molecule has 1 heterocycles. The molecule has 0 spiro atoms. The topological polar surface area (TPSA) is 46.6 Å². The lowest BCUT2D eigenvalue weighted by molar-refractivity contribution is -0.150. The molecule has 1 aromatic carbocycles. The maximum absolute atomic E-state index is 12.5. The SMILES string of the molecule is COC(=O)C1CCC(=O)N1C(C)c1cccc(SC(F)(F)F)c1. The summed E-state index contributed by atoms with van der Waals surface area (Å²) in [4.78, 5) is 25.3. The molecule has 23 heavy (non-hydrogen) atoms. The molecule has 1 aliphatic rings. The van der Waals surface area contributed by atoms with Gasteiger partial charge in [0.15, 0.2) is 0 Å². The number of hydrogen-bond acceptors (Lipinski definition) is 4. The molecule has 0 aromatic heterocycles. The lowest BCUT2D eigenvalue weighted by Crippen LogP contribution is -2.40. The van der Waals surface area contributed by atoms with E-state index in [1.54, 1.807) is 13.0 Å². The van der Waals surface area contributed by atoms with Crippen molar-refractivity contribution >= 4 is 23.6 Å². The van der Waals surface area contributed by atoms with Crippen LogP contribution in [0.3, 0.4) is 0 Å². The summed E-state index contributed by atoms with van der Waals surface area (Å²) < 4.78 is 42.2. The molecule has 1 fully saturated rings. The Morgan fingerprint density at radius 2 is 2.13 bits per heavy atom. The summed E-state index contributed by atoms with van der Waals surface area (Å²) in [6.45, 7) is 1.69. The minimum Gasteiger partial charge on any atom is -0.467 e. The number of alkyl halides is 3. The number of benzene rings is 1. The van der Waals surface area contributed by atoms with Gasteiger partial charge in [0.25, 0.3) is 0 Å². The van der Waals surface area contributed by atoms with Gasteiger partial charge in [-0.15, -0.1) is 0 Å². The highest BCUT2D eigenvalue weighted by Crippen LogP contribution is 2.38. The van der Waals surface area contributed by atoms with Gasteiger partial charge in [-0.05, 0) is 42.8 Å². The molecule has 126 valence electrons. The third-order valence-corrected chi connectivity index (χ3v) is 4.44. The fraction of sp³-hybridized carbons (Fsp3) is 0.467. The summed E-state index contributed by atoms with van der Waals surface area (Å²) in [7, 11) is 1.24. The second kappa shape index (κ2) is 6.82. The van der Waals surface area contributed by atoms with Crippen molar-refractivity contribution in [1.29, 1.82) is 0 Å². The first-order valence-electron chi connectivity index (χ1n) is 6.97. The first-order chi connectivity index (χ1) is 10.7. The Morgan fingerprint density at radius 3 is 2.74 bits per heavy atom. The van der Waals surface area contributed by atoms with Gasteiger partial charge < -0.3 is 9.64 Å². The Morgan fingerprint density at radius 1 is 1.43 bits per heavy atom. The molecule has 1 aliphatic heterocycles. The lowest BCUT2D eigenvalue weighted by Gasteiger charge is -2.30. The number of halogens is 3. The van der Waals surface area contributed by atoms with Crippen LogP contribution >= 0.6 is 11.8 Å². The van der Waals surface area contributed by atoms with E-state index < -0.39 is 23.6 Å². The molecule has 1 amide bonds. The molecule has 2 rings (SSSR count). The summed E-state index contributed by atoms with van der Waals surface area (Å²) >= 11 is -0.208. The molecule has 0 bridgehead atoms. The lowest BCUT2D eigenvalue weighted by atomic mass is 10.1. The zero-order valence-electron chi connectivity index (χ0n) is 12.6. The number of nitrogens with zero attached hydrogens (tertiary/aromatic N) is 1.